The first-order chi connectivity index (χ1) is 12.1. The molecular weight excluding hydrogens is 344 g/mol. The topological polar surface area (TPSA) is 45.2 Å². The van der Waals surface area contributed by atoms with Crippen LogP contribution in [0.25, 0.3) is 10.2 Å². The zero-order chi connectivity index (χ0) is 17.8. The van der Waals surface area contributed by atoms with Crippen molar-refractivity contribution in [2.45, 2.75) is 13.5 Å². The van der Waals surface area contributed by atoms with Gasteiger partial charge < -0.3 is 5.32 Å². The summed E-state index contributed by atoms with van der Waals surface area (Å²) in [5.41, 5.74) is 0.514. The van der Waals surface area contributed by atoms with E-state index in [9.17, 15) is 13.6 Å². The standard InChI is InChI=1S/C18H17F2N3OS/c1-2-23(11-17-21-14-8-3-4-9-15(14)25-17)10-16(24)22-18-12(19)6-5-7-13(18)20/h3-9H,2,10-11H2,1H3,(H,22,24). The summed E-state index contributed by atoms with van der Waals surface area (Å²) in [4.78, 5) is 18.6. The minimum atomic E-state index is -0.789. The minimum Gasteiger partial charge on any atom is -0.320 e. The van der Waals surface area contributed by atoms with Crippen LogP contribution in [0.15, 0.2) is 42.5 Å². The lowest BCUT2D eigenvalue weighted by Crippen LogP contribution is -2.33. The molecular formula is C18H17F2N3OS. The van der Waals surface area contributed by atoms with E-state index in [0.29, 0.717) is 13.1 Å². The van der Waals surface area contributed by atoms with Crippen molar-refractivity contribution < 1.29 is 13.6 Å². The van der Waals surface area contributed by atoms with E-state index >= 15 is 0 Å². The maximum Gasteiger partial charge on any atom is 0.238 e. The van der Waals surface area contributed by atoms with Gasteiger partial charge in [-0.3, -0.25) is 9.69 Å². The van der Waals surface area contributed by atoms with Crippen LogP contribution < -0.4 is 5.32 Å². The summed E-state index contributed by atoms with van der Waals surface area (Å²) in [6.45, 7) is 3.07. The average Bonchev–Trinajstić information content (AvgIpc) is 3.00. The molecule has 130 valence electrons. The number of thiazole rings is 1. The molecule has 25 heavy (non-hydrogen) atoms. The quantitative estimate of drug-likeness (QED) is 0.721. The first-order valence-corrected chi connectivity index (χ1v) is 8.69. The average molecular weight is 361 g/mol. The predicted molar refractivity (Wildman–Crippen MR) is 95.6 cm³/mol. The summed E-state index contributed by atoms with van der Waals surface area (Å²) in [5, 5.41) is 3.20. The van der Waals surface area contributed by atoms with Gasteiger partial charge in [0.25, 0.3) is 0 Å². The van der Waals surface area contributed by atoms with E-state index in [1.807, 2.05) is 36.1 Å². The van der Waals surface area contributed by atoms with Crippen LogP contribution in [0, 0.1) is 11.6 Å². The number of nitrogens with zero attached hydrogens (tertiary/aromatic N) is 2. The number of hydrogen-bond donors (Lipinski definition) is 1. The van der Waals surface area contributed by atoms with Crippen molar-refractivity contribution >= 4 is 33.1 Å². The fraction of sp³-hybridized carbons (Fsp3) is 0.222. The Morgan fingerprint density at radius 1 is 1.16 bits per heavy atom. The molecule has 1 amide bonds. The normalized spacial score (nSPS) is 11.2. The van der Waals surface area contributed by atoms with Crippen molar-refractivity contribution in [1.82, 2.24) is 9.88 Å². The number of benzene rings is 2. The Morgan fingerprint density at radius 2 is 1.88 bits per heavy atom. The fourth-order valence-corrected chi connectivity index (χ4v) is 3.47. The van der Waals surface area contributed by atoms with Crippen LogP contribution in [0.3, 0.4) is 0 Å². The minimum absolute atomic E-state index is 0.0280. The largest absolute Gasteiger partial charge is 0.320 e. The third kappa shape index (κ3) is 4.18. The Morgan fingerprint density at radius 3 is 2.56 bits per heavy atom. The number of aromatic nitrogens is 1. The molecule has 3 aromatic rings. The Balaban J connectivity index is 1.66. The van der Waals surface area contributed by atoms with Gasteiger partial charge in [0.1, 0.15) is 22.3 Å². The summed E-state index contributed by atoms with van der Waals surface area (Å²) >= 11 is 1.57. The van der Waals surface area contributed by atoms with Gasteiger partial charge in [-0.15, -0.1) is 11.3 Å². The highest BCUT2D eigenvalue weighted by Gasteiger charge is 2.16. The van der Waals surface area contributed by atoms with Crippen LogP contribution in [0.5, 0.6) is 0 Å². The molecule has 0 radical (unpaired) electrons. The van der Waals surface area contributed by atoms with E-state index < -0.39 is 23.2 Å². The number of fused-ring (bicyclic) bond motifs is 1. The highest BCUT2D eigenvalue weighted by Crippen LogP contribution is 2.23. The fourth-order valence-electron chi connectivity index (χ4n) is 2.46. The molecule has 0 unspecified atom stereocenters. The van der Waals surface area contributed by atoms with E-state index in [1.54, 1.807) is 11.3 Å². The lowest BCUT2D eigenvalue weighted by molar-refractivity contribution is -0.117. The molecule has 1 heterocycles. The molecule has 0 fully saturated rings. The van der Waals surface area contributed by atoms with Crippen LogP contribution in [0.2, 0.25) is 0 Å². The summed E-state index contributed by atoms with van der Waals surface area (Å²) < 4.78 is 28.3. The molecule has 0 atom stereocenters. The van der Waals surface area contributed by atoms with E-state index in [0.717, 1.165) is 27.4 Å². The first-order valence-electron chi connectivity index (χ1n) is 7.87. The van der Waals surface area contributed by atoms with Gasteiger partial charge in [0, 0.05) is 0 Å². The Bertz CT molecular complexity index is 844. The second kappa shape index (κ2) is 7.67. The van der Waals surface area contributed by atoms with Crippen LogP contribution in [0.1, 0.15) is 11.9 Å². The lowest BCUT2D eigenvalue weighted by Gasteiger charge is -2.18. The molecule has 0 saturated heterocycles. The maximum absolute atomic E-state index is 13.6. The van der Waals surface area contributed by atoms with Crippen LogP contribution in [0.4, 0.5) is 14.5 Å². The Hall–Kier alpha value is -2.38. The van der Waals surface area contributed by atoms with E-state index in [1.165, 1.54) is 6.07 Å². The Labute approximate surface area is 148 Å². The van der Waals surface area contributed by atoms with Crippen molar-refractivity contribution in [2.24, 2.45) is 0 Å². The molecule has 1 N–H and O–H groups in total. The van der Waals surface area contributed by atoms with Crippen LogP contribution >= 0.6 is 11.3 Å². The van der Waals surface area contributed by atoms with E-state index in [-0.39, 0.29) is 6.54 Å². The monoisotopic (exact) mass is 361 g/mol. The molecule has 1 aromatic heterocycles. The summed E-state index contributed by atoms with van der Waals surface area (Å²) in [5.74, 6) is -2.04. The molecule has 0 spiro atoms. The van der Waals surface area contributed by atoms with Gasteiger partial charge in [-0.2, -0.15) is 0 Å². The highest BCUT2D eigenvalue weighted by atomic mass is 32.1. The molecule has 0 saturated carbocycles. The third-order valence-electron chi connectivity index (χ3n) is 3.74. The Kier molecular flexibility index (Phi) is 5.35. The highest BCUT2D eigenvalue weighted by molar-refractivity contribution is 7.18. The van der Waals surface area contributed by atoms with Gasteiger partial charge in [-0.05, 0) is 30.8 Å². The predicted octanol–water partition coefficient (Wildman–Crippen LogP) is 4.04. The number of likely N-dealkylation sites (N-methyl/N-ethyl adjacent to an activating group) is 1. The number of anilines is 1. The molecule has 7 heteroatoms. The summed E-state index contributed by atoms with van der Waals surface area (Å²) in [6.07, 6.45) is 0. The second-order valence-electron chi connectivity index (χ2n) is 5.52. The number of halogens is 2. The summed E-state index contributed by atoms with van der Waals surface area (Å²) in [7, 11) is 0. The van der Waals surface area contributed by atoms with Crippen molar-refractivity contribution in [3.8, 4) is 0 Å². The van der Waals surface area contributed by atoms with Crippen LogP contribution in [-0.2, 0) is 11.3 Å². The molecule has 0 aliphatic heterocycles. The first kappa shape index (κ1) is 17.4. The van der Waals surface area contributed by atoms with Crippen molar-refractivity contribution in [2.75, 3.05) is 18.4 Å². The van der Waals surface area contributed by atoms with Gasteiger partial charge in [-0.1, -0.05) is 25.1 Å². The van der Waals surface area contributed by atoms with Crippen molar-refractivity contribution in [3.05, 3.63) is 59.1 Å². The second-order valence-corrected chi connectivity index (χ2v) is 6.64. The van der Waals surface area contributed by atoms with Crippen molar-refractivity contribution in [3.63, 3.8) is 0 Å². The smallest absolute Gasteiger partial charge is 0.238 e. The SMILES string of the molecule is CCN(CC(=O)Nc1c(F)cccc1F)Cc1nc2ccccc2s1. The third-order valence-corrected chi connectivity index (χ3v) is 4.76. The number of amides is 1. The number of carbonyl (C=O) groups is 1. The molecule has 0 aliphatic carbocycles. The zero-order valence-corrected chi connectivity index (χ0v) is 14.4. The lowest BCUT2D eigenvalue weighted by atomic mass is 10.3. The van der Waals surface area contributed by atoms with Gasteiger partial charge in [0.15, 0.2) is 0 Å². The number of para-hydroxylation sites is 2. The number of hydrogen-bond acceptors (Lipinski definition) is 4. The summed E-state index contributed by atoms with van der Waals surface area (Å²) in [6, 6.07) is 11.3. The van der Waals surface area contributed by atoms with E-state index in [2.05, 4.69) is 10.3 Å². The van der Waals surface area contributed by atoms with Gasteiger partial charge in [0.2, 0.25) is 5.91 Å². The van der Waals surface area contributed by atoms with Crippen LogP contribution in [-0.4, -0.2) is 28.9 Å². The zero-order valence-electron chi connectivity index (χ0n) is 13.6. The molecule has 3 rings (SSSR count). The number of rotatable bonds is 6. The molecule has 2 aromatic carbocycles. The maximum atomic E-state index is 13.6. The molecule has 4 nitrogen and oxygen atoms in total. The van der Waals surface area contributed by atoms with Gasteiger partial charge >= 0.3 is 0 Å². The molecule has 0 aliphatic rings. The van der Waals surface area contributed by atoms with E-state index in [4.69, 9.17) is 0 Å². The molecule has 0 bridgehead atoms. The van der Waals surface area contributed by atoms with Gasteiger partial charge in [-0.25, -0.2) is 13.8 Å². The number of nitrogens with one attached hydrogen (secondary N) is 1. The van der Waals surface area contributed by atoms with Gasteiger partial charge in [0.05, 0.1) is 23.3 Å². The number of carbonyl (C=O) groups excluding carboxylic acids is 1. The van der Waals surface area contributed by atoms with Crippen molar-refractivity contribution in [1.29, 1.82) is 0 Å².